The first-order chi connectivity index (χ1) is 9.01. The maximum absolute atomic E-state index is 10.6. The lowest BCUT2D eigenvalue weighted by atomic mass is 10.2. The third kappa shape index (κ3) is 3.58. The van der Waals surface area contributed by atoms with Crippen LogP contribution >= 0.6 is 0 Å². The third-order valence-electron chi connectivity index (χ3n) is 2.80. The summed E-state index contributed by atoms with van der Waals surface area (Å²) in [7, 11) is 1.81. The largest absolute Gasteiger partial charge is 0.478 e. The molecule has 0 spiro atoms. The number of aliphatic carboxylic acids is 1. The van der Waals surface area contributed by atoms with Crippen molar-refractivity contribution in [2.75, 3.05) is 18.0 Å². The van der Waals surface area contributed by atoms with E-state index >= 15 is 0 Å². The molecule has 0 atom stereocenters. The predicted molar refractivity (Wildman–Crippen MR) is 72.7 cm³/mol. The molecular weight excluding hydrogens is 244 g/mol. The van der Waals surface area contributed by atoms with Gasteiger partial charge in [-0.1, -0.05) is 0 Å². The van der Waals surface area contributed by atoms with Crippen molar-refractivity contribution in [3.8, 4) is 6.07 Å². The first-order valence-corrected chi connectivity index (χ1v) is 6.07. The Morgan fingerprint density at radius 1 is 1.63 bits per heavy atom. The van der Waals surface area contributed by atoms with E-state index in [1.165, 1.54) is 0 Å². The molecule has 1 heterocycles. The van der Waals surface area contributed by atoms with Crippen LogP contribution in [0.5, 0.6) is 0 Å². The van der Waals surface area contributed by atoms with Crippen molar-refractivity contribution in [2.24, 2.45) is 7.05 Å². The Labute approximate surface area is 112 Å². The van der Waals surface area contributed by atoms with Gasteiger partial charge in [-0.15, -0.1) is 0 Å². The molecule has 0 fully saturated rings. The smallest absolute Gasteiger partial charge is 0.328 e. The molecule has 1 rings (SSSR count). The molecule has 0 radical (unpaired) electrons. The minimum absolute atomic E-state index is 0.417. The highest BCUT2D eigenvalue weighted by Crippen LogP contribution is 2.24. The summed E-state index contributed by atoms with van der Waals surface area (Å²) in [4.78, 5) is 12.7. The van der Waals surface area contributed by atoms with Crippen LogP contribution in [-0.2, 0) is 11.8 Å². The quantitative estimate of drug-likeness (QED) is 0.787. The van der Waals surface area contributed by atoms with Gasteiger partial charge in [0.05, 0.1) is 18.2 Å². The monoisotopic (exact) mass is 262 g/mol. The number of carboxylic acid groups (broad SMARTS) is 1. The standard InChI is InChI=1S/C13H18N4O2/c1-4-17(9-5-8-14)13-11(6-7-12(18)19)10(2)15-16(13)3/h6-7H,4-5,9H2,1-3H3,(H,18,19)/b7-6+. The van der Waals surface area contributed by atoms with Gasteiger partial charge >= 0.3 is 5.97 Å². The normalized spacial score (nSPS) is 10.6. The highest BCUT2D eigenvalue weighted by Gasteiger charge is 2.16. The zero-order valence-corrected chi connectivity index (χ0v) is 11.4. The van der Waals surface area contributed by atoms with Crippen molar-refractivity contribution < 1.29 is 9.90 Å². The zero-order valence-electron chi connectivity index (χ0n) is 11.4. The number of rotatable bonds is 6. The molecule has 1 N–H and O–H groups in total. The summed E-state index contributed by atoms with van der Waals surface area (Å²) in [6.45, 7) is 5.15. The van der Waals surface area contributed by atoms with E-state index in [1.54, 1.807) is 10.8 Å². The van der Waals surface area contributed by atoms with Crippen molar-refractivity contribution in [3.05, 3.63) is 17.3 Å². The molecule has 0 aliphatic carbocycles. The minimum Gasteiger partial charge on any atom is -0.478 e. The Morgan fingerprint density at radius 2 is 2.32 bits per heavy atom. The molecule has 0 saturated carbocycles. The molecule has 1 aromatic rings. The number of carbonyl (C=O) groups is 1. The van der Waals surface area contributed by atoms with Crippen molar-refractivity contribution in [1.29, 1.82) is 5.26 Å². The van der Waals surface area contributed by atoms with E-state index in [1.807, 2.05) is 25.8 Å². The highest BCUT2D eigenvalue weighted by atomic mass is 16.4. The summed E-state index contributed by atoms with van der Waals surface area (Å²) < 4.78 is 1.72. The molecule has 6 nitrogen and oxygen atoms in total. The molecule has 0 saturated heterocycles. The minimum atomic E-state index is -0.991. The average Bonchev–Trinajstić information content (AvgIpc) is 2.63. The van der Waals surface area contributed by atoms with Gasteiger partial charge in [0.2, 0.25) is 0 Å². The van der Waals surface area contributed by atoms with Crippen LogP contribution in [0.2, 0.25) is 0 Å². The van der Waals surface area contributed by atoms with E-state index in [0.717, 1.165) is 29.7 Å². The van der Waals surface area contributed by atoms with Gasteiger partial charge in [-0.3, -0.25) is 4.68 Å². The second-order valence-electron chi connectivity index (χ2n) is 4.11. The second-order valence-corrected chi connectivity index (χ2v) is 4.11. The van der Waals surface area contributed by atoms with Crippen LogP contribution in [0.15, 0.2) is 6.08 Å². The Bertz CT molecular complexity index is 525. The summed E-state index contributed by atoms with van der Waals surface area (Å²) in [5.41, 5.74) is 1.55. The first kappa shape index (κ1) is 14.8. The van der Waals surface area contributed by atoms with Crippen LogP contribution in [0.3, 0.4) is 0 Å². The Hall–Kier alpha value is -2.29. The molecule has 0 amide bonds. The number of nitriles is 1. The number of nitrogens with zero attached hydrogens (tertiary/aromatic N) is 4. The van der Waals surface area contributed by atoms with Crippen molar-refractivity contribution in [1.82, 2.24) is 9.78 Å². The summed E-state index contributed by atoms with van der Waals surface area (Å²) in [6, 6.07) is 2.11. The van der Waals surface area contributed by atoms with Gasteiger partial charge in [0, 0.05) is 31.8 Å². The molecule has 0 bridgehead atoms. The molecule has 102 valence electrons. The lowest BCUT2D eigenvalue weighted by molar-refractivity contribution is -0.131. The van der Waals surface area contributed by atoms with Crippen LogP contribution < -0.4 is 4.90 Å². The van der Waals surface area contributed by atoms with Gasteiger partial charge in [0.25, 0.3) is 0 Å². The van der Waals surface area contributed by atoms with E-state index in [2.05, 4.69) is 11.2 Å². The maximum Gasteiger partial charge on any atom is 0.328 e. The predicted octanol–water partition coefficient (Wildman–Crippen LogP) is 1.57. The van der Waals surface area contributed by atoms with Gasteiger partial charge in [0.1, 0.15) is 5.82 Å². The van der Waals surface area contributed by atoms with Crippen molar-refractivity contribution in [3.63, 3.8) is 0 Å². The lowest BCUT2D eigenvalue weighted by Gasteiger charge is -2.22. The number of anilines is 1. The molecular formula is C13H18N4O2. The van der Waals surface area contributed by atoms with Crippen LogP contribution in [0, 0.1) is 18.3 Å². The van der Waals surface area contributed by atoms with E-state index < -0.39 is 5.97 Å². The fraction of sp³-hybridized carbons (Fsp3) is 0.462. The zero-order chi connectivity index (χ0) is 14.4. The number of hydrogen-bond acceptors (Lipinski definition) is 4. The van der Waals surface area contributed by atoms with Crippen LogP contribution in [0.1, 0.15) is 24.6 Å². The van der Waals surface area contributed by atoms with Gasteiger partial charge in [-0.2, -0.15) is 10.4 Å². The van der Waals surface area contributed by atoms with E-state index in [-0.39, 0.29) is 0 Å². The molecule has 6 heteroatoms. The SMILES string of the molecule is CCN(CCC#N)c1c(/C=C/C(=O)O)c(C)nn1C. The molecule has 19 heavy (non-hydrogen) atoms. The summed E-state index contributed by atoms with van der Waals surface area (Å²) in [5, 5.41) is 21.7. The topological polar surface area (TPSA) is 82.2 Å². The number of aromatic nitrogens is 2. The van der Waals surface area contributed by atoms with Crippen LogP contribution in [0.25, 0.3) is 6.08 Å². The molecule has 0 aliphatic rings. The van der Waals surface area contributed by atoms with Gasteiger partial charge in [0.15, 0.2) is 0 Å². The fourth-order valence-electron chi connectivity index (χ4n) is 1.99. The Morgan fingerprint density at radius 3 is 2.84 bits per heavy atom. The average molecular weight is 262 g/mol. The van der Waals surface area contributed by atoms with Crippen molar-refractivity contribution >= 4 is 17.9 Å². The lowest BCUT2D eigenvalue weighted by Crippen LogP contribution is -2.26. The van der Waals surface area contributed by atoms with Gasteiger partial charge < -0.3 is 10.0 Å². The van der Waals surface area contributed by atoms with Gasteiger partial charge in [-0.25, -0.2) is 4.79 Å². The van der Waals surface area contributed by atoms with E-state index in [9.17, 15) is 4.79 Å². The highest BCUT2D eigenvalue weighted by molar-refractivity contribution is 5.87. The van der Waals surface area contributed by atoms with E-state index in [4.69, 9.17) is 10.4 Å². The number of hydrogen-bond donors (Lipinski definition) is 1. The second kappa shape index (κ2) is 6.59. The number of carboxylic acids is 1. The summed E-state index contributed by atoms with van der Waals surface area (Å²) in [6.07, 6.45) is 3.07. The fourth-order valence-corrected chi connectivity index (χ4v) is 1.99. The molecule has 0 aliphatic heterocycles. The number of aryl methyl sites for hydroxylation is 2. The molecule has 0 unspecified atom stereocenters. The molecule has 1 aromatic heterocycles. The summed E-state index contributed by atoms with van der Waals surface area (Å²) >= 11 is 0. The van der Waals surface area contributed by atoms with Crippen LogP contribution in [0.4, 0.5) is 5.82 Å². The van der Waals surface area contributed by atoms with E-state index in [0.29, 0.717) is 13.0 Å². The van der Waals surface area contributed by atoms with Crippen molar-refractivity contribution in [2.45, 2.75) is 20.3 Å². The Kier molecular flexibility index (Phi) is 5.12. The summed E-state index contributed by atoms with van der Waals surface area (Å²) in [5.74, 6) is -0.151. The Balaban J connectivity index is 3.17. The van der Waals surface area contributed by atoms with Crippen LogP contribution in [-0.4, -0.2) is 33.9 Å². The first-order valence-electron chi connectivity index (χ1n) is 6.07. The molecule has 0 aromatic carbocycles. The van der Waals surface area contributed by atoms with Gasteiger partial charge in [-0.05, 0) is 19.9 Å². The maximum atomic E-state index is 10.6. The third-order valence-corrected chi connectivity index (χ3v) is 2.80.